The van der Waals surface area contributed by atoms with Crippen molar-refractivity contribution >= 4 is 15.9 Å². The summed E-state index contributed by atoms with van der Waals surface area (Å²) in [5.74, 6) is -2.32. The molecule has 1 N–H and O–H groups in total. The van der Waals surface area contributed by atoms with E-state index in [0.29, 0.717) is 12.1 Å². The van der Waals surface area contributed by atoms with Crippen LogP contribution in [0, 0.1) is 0 Å². The maximum atomic E-state index is 12.3. The number of phenols is 1. The number of halogens is 7. The predicted octanol–water partition coefficient (Wildman–Crippen LogP) is 4.07. The Balaban J connectivity index is 3.21. The molecule has 0 aliphatic carbocycles. The molecule has 0 unspecified atom stereocenters. The molecule has 0 bridgehead atoms. The second kappa shape index (κ2) is 4.28. The topological polar surface area (TPSA) is 29.5 Å². The third-order valence-corrected chi connectivity index (χ3v) is 2.38. The summed E-state index contributed by atoms with van der Waals surface area (Å²) in [6.45, 7) is 0. The van der Waals surface area contributed by atoms with Crippen LogP contribution in [0.2, 0.25) is 0 Å². The van der Waals surface area contributed by atoms with Crippen molar-refractivity contribution in [1.82, 2.24) is 0 Å². The molecule has 0 amide bonds. The second-order valence-electron chi connectivity index (χ2n) is 2.82. The highest BCUT2D eigenvalue weighted by atomic mass is 79.9. The molecule has 2 nitrogen and oxygen atoms in total. The van der Waals surface area contributed by atoms with E-state index in [1.807, 2.05) is 0 Å². The van der Waals surface area contributed by atoms with E-state index in [1.165, 1.54) is 0 Å². The Morgan fingerprint density at radius 2 is 1.59 bits per heavy atom. The first-order valence-electron chi connectivity index (χ1n) is 3.87. The number of ether oxygens (including phenoxy) is 1. The summed E-state index contributed by atoms with van der Waals surface area (Å²) in [6, 6.07) is 0.751. The van der Waals surface area contributed by atoms with Gasteiger partial charge >= 0.3 is 12.5 Å². The van der Waals surface area contributed by atoms with Crippen LogP contribution in [0.5, 0.6) is 11.5 Å². The molecule has 0 atom stereocenters. The van der Waals surface area contributed by atoms with Crippen molar-refractivity contribution in [2.45, 2.75) is 12.5 Å². The minimum absolute atomic E-state index is 0.293. The maximum Gasteiger partial charge on any atom is 0.573 e. The van der Waals surface area contributed by atoms with Crippen molar-refractivity contribution < 1.29 is 36.2 Å². The van der Waals surface area contributed by atoms with E-state index >= 15 is 0 Å². The third kappa shape index (κ3) is 3.42. The number of benzene rings is 1. The van der Waals surface area contributed by atoms with Crippen molar-refractivity contribution in [3.8, 4) is 11.5 Å². The number of hydrogen-bond acceptors (Lipinski definition) is 2. The average molecular weight is 325 g/mol. The van der Waals surface area contributed by atoms with E-state index in [1.54, 1.807) is 0 Å². The Morgan fingerprint density at radius 1 is 1.06 bits per heavy atom. The number of phenolic OH excluding ortho intramolecular Hbond substituents is 1. The lowest BCUT2D eigenvalue weighted by Crippen LogP contribution is -2.17. The molecule has 0 aromatic heterocycles. The summed E-state index contributed by atoms with van der Waals surface area (Å²) in [7, 11) is 0. The number of aromatic hydroxyl groups is 1. The summed E-state index contributed by atoms with van der Waals surface area (Å²) >= 11 is 2.40. The van der Waals surface area contributed by atoms with Gasteiger partial charge in [-0.15, -0.1) is 13.2 Å². The van der Waals surface area contributed by atoms with Crippen LogP contribution in [0.1, 0.15) is 5.56 Å². The molecular weight excluding hydrogens is 322 g/mol. The van der Waals surface area contributed by atoms with Crippen molar-refractivity contribution in [3.05, 3.63) is 22.2 Å². The van der Waals surface area contributed by atoms with Crippen molar-refractivity contribution in [1.29, 1.82) is 0 Å². The standard InChI is InChI=1S/C8H3BrF6O2/c9-5-4(17-8(13,14)15)2-1-3(6(5)16)7(10,11)12/h1-2,16H. The van der Waals surface area contributed by atoms with Crippen LogP contribution in [0.25, 0.3) is 0 Å². The van der Waals surface area contributed by atoms with Crippen LogP contribution < -0.4 is 4.74 Å². The Hall–Kier alpha value is -1.12. The van der Waals surface area contributed by atoms with E-state index in [0.717, 1.165) is 0 Å². The van der Waals surface area contributed by atoms with Gasteiger partial charge in [0, 0.05) is 0 Å². The molecule has 0 aliphatic heterocycles. The quantitative estimate of drug-likeness (QED) is 0.789. The summed E-state index contributed by atoms with van der Waals surface area (Å²) in [6.07, 6.45) is -9.93. The molecule has 9 heteroatoms. The van der Waals surface area contributed by atoms with E-state index < -0.39 is 34.1 Å². The van der Waals surface area contributed by atoms with Gasteiger partial charge in [-0.3, -0.25) is 0 Å². The van der Waals surface area contributed by atoms with Gasteiger partial charge in [0.05, 0.1) is 5.56 Å². The van der Waals surface area contributed by atoms with Crippen LogP contribution in [0.3, 0.4) is 0 Å². The van der Waals surface area contributed by atoms with Gasteiger partial charge in [-0.2, -0.15) is 13.2 Å². The SMILES string of the molecule is Oc1c(C(F)(F)F)ccc(OC(F)(F)F)c1Br. The van der Waals surface area contributed by atoms with E-state index in [9.17, 15) is 26.3 Å². The van der Waals surface area contributed by atoms with Gasteiger partial charge in [0.2, 0.25) is 0 Å². The molecule has 0 saturated heterocycles. The average Bonchev–Trinajstić information content (AvgIpc) is 2.08. The number of hydrogen-bond donors (Lipinski definition) is 1. The summed E-state index contributed by atoms with van der Waals surface area (Å²) in [5.41, 5.74) is -1.46. The van der Waals surface area contributed by atoms with Crippen LogP contribution in [-0.4, -0.2) is 11.5 Å². The van der Waals surface area contributed by atoms with Crippen LogP contribution >= 0.6 is 15.9 Å². The Morgan fingerprint density at radius 3 is 2.00 bits per heavy atom. The summed E-state index contributed by atoms with van der Waals surface area (Å²) < 4.78 is 74.9. The van der Waals surface area contributed by atoms with Gasteiger partial charge in [0.1, 0.15) is 16.0 Å². The Bertz CT molecular complexity index is 425. The zero-order chi connectivity index (χ0) is 13.4. The molecule has 1 aromatic carbocycles. The van der Waals surface area contributed by atoms with E-state index in [4.69, 9.17) is 5.11 Å². The largest absolute Gasteiger partial charge is 0.573 e. The minimum Gasteiger partial charge on any atom is -0.506 e. The second-order valence-corrected chi connectivity index (χ2v) is 3.61. The van der Waals surface area contributed by atoms with Gasteiger partial charge in [-0.05, 0) is 28.1 Å². The van der Waals surface area contributed by atoms with Gasteiger partial charge in [0.15, 0.2) is 0 Å². The lowest BCUT2D eigenvalue weighted by Gasteiger charge is -2.14. The fourth-order valence-electron chi connectivity index (χ4n) is 0.978. The lowest BCUT2D eigenvalue weighted by atomic mass is 10.2. The predicted molar refractivity (Wildman–Crippen MR) is 47.5 cm³/mol. The highest BCUT2D eigenvalue weighted by Gasteiger charge is 2.37. The molecule has 1 aromatic rings. The Kier molecular flexibility index (Phi) is 3.51. The molecule has 0 spiro atoms. The first-order chi connectivity index (χ1) is 7.52. The van der Waals surface area contributed by atoms with Crippen LogP contribution in [0.4, 0.5) is 26.3 Å². The minimum atomic E-state index is -5.06. The van der Waals surface area contributed by atoms with E-state index in [2.05, 4.69) is 20.7 Å². The first kappa shape index (κ1) is 13.9. The van der Waals surface area contributed by atoms with Gasteiger partial charge < -0.3 is 9.84 Å². The van der Waals surface area contributed by atoms with Crippen LogP contribution in [0.15, 0.2) is 16.6 Å². The zero-order valence-electron chi connectivity index (χ0n) is 7.66. The highest BCUT2D eigenvalue weighted by molar-refractivity contribution is 9.10. The van der Waals surface area contributed by atoms with Crippen molar-refractivity contribution in [3.63, 3.8) is 0 Å². The molecule has 17 heavy (non-hydrogen) atoms. The van der Waals surface area contributed by atoms with E-state index in [-0.39, 0.29) is 0 Å². The normalized spacial score (nSPS) is 12.6. The monoisotopic (exact) mass is 324 g/mol. The summed E-state index contributed by atoms with van der Waals surface area (Å²) in [4.78, 5) is 0. The Labute approximate surface area is 98.9 Å². The zero-order valence-corrected chi connectivity index (χ0v) is 9.24. The molecule has 0 aliphatic rings. The summed E-state index contributed by atoms with van der Waals surface area (Å²) in [5, 5.41) is 9.10. The molecular formula is C8H3BrF6O2. The fraction of sp³-hybridized carbons (Fsp3) is 0.250. The van der Waals surface area contributed by atoms with Gasteiger partial charge in [-0.25, -0.2) is 0 Å². The molecule has 0 saturated carbocycles. The van der Waals surface area contributed by atoms with Gasteiger partial charge in [0.25, 0.3) is 0 Å². The fourth-order valence-corrected chi connectivity index (χ4v) is 1.40. The molecule has 0 fully saturated rings. The van der Waals surface area contributed by atoms with Crippen LogP contribution in [-0.2, 0) is 6.18 Å². The number of alkyl halides is 6. The third-order valence-electron chi connectivity index (χ3n) is 1.61. The van der Waals surface area contributed by atoms with Gasteiger partial charge in [-0.1, -0.05) is 0 Å². The molecule has 1 rings (SSSR count). The first-order valence-corrected chi connectivity index (χ1v) is 4.66. The molecule has 0 radical (unpaired) electrons. The molecule has 0 heterocycles. The number of rotatable bonds is 1. The van der Waals surface area contributed by atoms with Crippen molar-refractivity contribution in [2.24, 2.45) is 0 Å². The smallest absolute Gasteiger partial charge is 0.506 e. The maximum absolute atomic E-state index is 12.3. The highest BCUT2D eigenvalue weighted by Crippen LogP contribution is 2.44. The lowest BCUT2D eigenvalue weighted by molar-refractivity contribution is -0.274. The van der Waals surface area contributed by atoms with Crippen molar-refractivity contribution in [2.75, 3.05) is 0 Å². The molecule has 96 valence electrons.